The number of aromatic nitrogens is 3. The summed E-state index contributed by atoms with van der Waals surface area (Å²) in [6.07, 6.45) is 3.19. The van der Waals surface area contributed by atoms with E-state index in [1.54, 1.807) is 35.1 Å². The average molecular weight is 399 g/mol. The van der Waals surface area contributed by atoms with Gasteiger partial charge in [0.25, 0.3) is 0 Å². The van der Waals surface area contributed by atoms with Gasteiger partial charge in [-0.3, -0.25) is 0 Å². The average Bonchev–Trinajstić information content (AvgIpc) is 3.38. The lowest BCUT2D eigenvalue weighted by Crippen LogP contribution is -1.98. The molecule has 27 heavy (non-hydrogen) atoms. The monoisotopic (exact) mass is 398 g/mol. The molecule has 6 nitrogen and oxygen atoms in total. The summed E-state index contributed by atoms with van der Waals surface area (Å²) in [5.41, 5.74) is 3.64. The summed E-state index contributed by atoms with van der Waals surface area (Å²) in [4.78, 5) is 14.5. The topological polar surface area (TPSA) is 73.1 Å². The van der Waals surface area contributed by atoms with Crippen LogP contribution in [0.25, 0.3) is 22.0 Å². The lowest BCUT2D eigenvalue weighted by molar-refractivity contribution is 0.342. The molecule has 0 amide bonds. The predicted octanol–water partition coefficient (Wildman–Crippen LogP) is 5.68. The van der Waals surface area contributed by atoms with Crippen LogP contribution in [0.1, 0.15) is 17.6 Å². The van der Waals surface area contributed by atoms with Crippen molar-refractivity contribution < 1.29 is 9.15 Å². The van der Waals surface area contributed by atoms with Gasteiger partial charge in [0.1, 0.15) is 12.0 Å². The highest BCUT2D eigenvalue weighted by molar-refractivity contribution is 7.16. The maximum absolute atomic E-state index is 5.75. The minimum atomic E-state index is 0.566. The summed E-state index contributed by atoms with van der Waals surface area (Å²) in [7, 11) is 0. The predicted molar refractivity (Wildman–Crippen MR) is 109 cm³/mol. The molecule has 8 heteroatoms. The Morgan fingerprint density at radius 2 is 2.11 bits per heavy atom. The van der Waals surface area contributed by atoms with E-state index in [2.05, 4.69) is 15.3 Å². The number of ether oxygens (including phenoxy) is 1. The number of anilines is 2. The normalized spacial score (nSPS) is 10.9. The summed E-state index contributed by atoms with van der Waals surface area (Å²) in [5, 5.41) is 7.25. The molecule has 138 valence electrons. The fraction of sp³-hybridized carbons (Fsp3) is 0.211. The number of hydrogen-bond donors (Lipinski definition) is 1. The summed E-state index contributed by atoms with van der Waals surface area (Å²) >= 11 is 3.21. The number of benzene rings is 1. The molecule has 0 spiro atoms. The first kappa shape index (κ1) is 17.7. The van der Waals surface area contributed by atoms with Gasteiger partial charge in [-0.1, -0.05) is 0 Å². The molecule has 0 aliphatic carbocycles. The molecule has 1 N–H and O–H groups in total. The van der Waals surface area contributed by atoms with Gasteiger partial charge in [0.2, 0.25) is 5.89 Å². The highest BCUT2D eigenvalue weighted by Crippen LogP contribution is 2.36. The van der Waals surface area contributed by atoms with Gasteiger partial charge in [0, 0.05) is 10.9 Å². The molecule has 0 saturated heterocycles. The van der Waals surface area contributed by atoms with Gasteiger partial charge < -0.3 is 14.5 Å². The summed E-state index contributed by atoms with van der Waals surface area (Å²) in [5.74, 6) is 1.33. The van der Waals surface area contributed by atoms with E-state index in [4.69, 9.17) is 14.1 Å². The van der Waals surface area contributed by atoms with Crippen molar-refractivity contribution in [1.82, 2.24) is 15.0 Å². The molecule has 0 unspecified atom stereocenters. The van der Waals surface area contributed by atoms with E-state index in [0.29, 0.717) is 12.5 Å². The molecule has 3 aromatic heterocycles. The standard InChI is InChI=1S/C19H18N4O2S2/c1-4-24-16-6-5-13(18-20-7-8-25-18)9-14(16)22-19-23-15(10-26-19)17-11(2)21-12(3)27-17/h5-10H,4H2,1-3H3,(H,22,23). The number of aryl methyl sites for hydroxylation is 2. The smallest absolute Gasteiger partial charge is 0.225 e. The molecule has 0 radical (unpaired) electrons. The minimum Gasteiger partial charge on any atom is -0.492 e. The van der Waals surface area contributed by atoms with Crippen molar-refractivity contribution in [1.29, 1.82) is 0 Å². The summed E-state index contributed by atoms with van der Waals surface area (Å²) < 4.78 is 11.2. The Labute approximate surface area is 164 Å². The van der Waals surface area contributed by atoms with Crippen molar-refractivity contribution in [3.8, 4) is 27.8 Å². The van der Waals surface area contributed by atoms with E-state index < -0.39 is 0 Å². The van der Waals surface area contributed by atoms with Crippen LogP contribution in [-0.2, 0) is 0 Å². The molecule has 3 heterocycles. The fourth-order valence-electron chi connectivity index (χ4n) is 2.73. The van der Waals surface area contributed by atoms with Crippen LogP contribution in [-0.4, -0.2) is 21.6 Å². The molecule has 0 atom stereocenters. The second-order valence-corrected chi connectivity index (χ2v) is 7.85. The van der Waals surface area contributed by atoms with Crippen LogP contribution >= 0.6 is 22.7 Å². The molecular formula is C19H18N4O2S2. The molecule has 0 fully saturated rings. The van der Waals surface area contributed by atoms with Gasteiger partial charge in [0.15, 0.2) is 5.13 Å². The highest BCUT2D eigenvalue weighted by atomic mass is 32.1. The van der Waals surface area contributed by atoms with E-state index in [0.717, 1.165) is 43.4 Å². The molecule has 0 saturated carbocycles. The first-order chi connectivity index (χ1) is 13.1. The number of hydrogen-bond acceptors (Lipinski definition) is 8. The Morgan fingerprint density at radius 3 is 2.81 bits per heavy atom. The first-order valence-electron chi connectivity index (χ1n) is 8.47. The zero-order chi connectivity index (χ0) is 18.8. The zero-order valence-corrected chi connectivity index (χ0v) is 16.8. The first-order valence-corrected chi connectivity index (χ1v) is 10.2. The van der Waals surface area contributed by atoms with Crippen molar-refractivity contribution in [2.45, 2.75) is 20.8 Å². The number of nitrogens with zero attached hydrogens (tertiary/aromatic N) is 3. The number of oxazole rings is 1. The van der Waals surface area contributed by atoms with Gasteiger partial charge in [-0.25, -0.2) is 15.0 Å². The van der Waals surface area contributed by atoms with Crippen molar-refractivity contribution >= 4 is 33.5 Å². The molecule has 0 aliphatic rings. The Balaban J connectivity index is 1.65. The molecule has 4 aromatic rings. The Morgan fingerprint density at radius 1 is 1.22 bits per heavy atom. The Hall–Kier alpha value is -2.71. The van der Waals surface area contributed by atoms with E-state index in [1.165, 1.54) is 0 Å². The van der Waals surface area contributed by atoms with Crippen LogP contribution < -0.4 is 10.1 Å². The van der Waals surface area contributed by atoms with Crippen LogP contribution in [0.3, 0.4) is 0 Å². The lowest BCUT2D eigenvalue weighted by Gasteiger charge is -2.11. The second kappa shape index (κ2) is 7.50. The van der Waals surface area contributed by atoms with E-state index in [1.807, 2.05) is 44.4 Å². The molecular weight excluding hydrogens is 380 g/mol. The van der Waals surface area contributed by atoms with Gasteiger partial charge in [-0.15, -0.1) is 22.7 Å². The maximum Gasteiger partial charge on any atom is 0.225 e. The minimum absolute atomic E-state index is 0.566. The van der Waals surface area contributed by atoms with Gasteiger partial charge in [0.05, 0.1) is 39.8 Å². The second-order valence-electron chi connectivity index (χ2n) is 5.79. The fourth-order valence-corrected chi connectivity index (χ4v) is 4.40. The quantitative estimate of drug-likeness (QED) is 0.450. The van der Waals surface area contributed by atoms with Crippen LogP contribution in [0, 0.1) is 13.8 Å². The third kappa shape index (κ3) is 3.72. The van der Waals surface area contributed by atoms with Crippen molar-refractivity contribution in [3.05, 3.63) is 46.7 Å². The SMILES string of the molecule is CCOc1ccc(-c2ncco2)cc1Nc1nc(-c2sc(C)nc2C)cs1. The third-order valence-corrected chi connectivity index (χ3v) is 5.69. The highest BCUT2D eigenvalue weighted by Gasteiger charge is 2.14. The van der Waals surface area contributed by atoms with E-state index in [-0.39, 0.29) is 0 Å². The van der Waals surface area contributed by atoms with Gasteiger partial charge in [-0.05, 0) is 39.0 Å². The third-order valence-electron chi connectivity index (χ3n) is 3.84. The Bertz CT molecular complexity index is 1050. The molecule has 0 aliphatic heterocycles. The number of rotatable bonds is 6. The van der Waals surface area contributed by atoms with E-state index in [9.17, 15) is 0 Å². The Kier molecular flexibility index (Phi) is 4.91. The van der Waals surface area contributed by atoms with Crippen molar-refractivity contribution in [3.63, 3.8) is 0 Å². The van der Waals surface area contributed by atoms with Crippen molar-refractivity contribution in [2.24, 2.45) is 0 Å². The summed E-state index contributed by atoms with van der Waals surface area (Å²) in [6, 6.07) is 5.80. The summed E-state index contributed by atoms with van der Waals surface area (Å²) in [6.45, 7) is 6.56. The zero-order valence-electron chi connectivity index (χ0n) is 15.1. The van der Waals surface area contributed by atoms with Crippen LogP contribution in [0.15, 0.2) is 40.5 Å². The van der Waals surface area contributed by atoms with E-state index >= 15 is 0 Å². The van der Waals surface area contributed by atoms with Crippen LogP contribution in [0.5, 0.6) is 5.75 Å². The molecule has 1 aromatic carbocycles. The molecule has 4 rings (SSSR count). The maximum atomic E-state index is 5.75. The van der Waals surface area contributed by atoms with Gasteiger partial charge >= 0.3 is 0 Å². The van der Waals surface area contributed by atoms with Crippen LogP contribution in [0.4, 0.5) is 10.8 Å². The van der Waals surface area contributed by atoms with Crippen molar-refractivity contribution in [2.75, 3.05) is 11.9 Å². The largest absolute Gasteiger partial charge is 0.492 e. The number of thiazole rings is 2. The lowest BCUT2D eigenvalue weighted by atomic mass is 10.2. The van der Waals surface area contributed by atoms with Crippen LogP contribution in [0.2, 0.25) is 0 Å². The number of nitrogens with one attached hydrogen (secondary N) is 1. The van der Waals surface area contributed by atoms with Gasteiger partial charge in [-0.2, -0.15) is 0 Å². The molecule has 0 bridgehead atoms.